The predicted molar refractivity (Wildman–Crippen MR) is 84.3 cm³/mol. The number of hydrogen-bond donors (Lipinski definition) is 1. The molecule has 5 heteroatoms. The summed E-state index contributed by atoms with van der Waals surface area (Å²) in [6.45, 7) is 11.8. The fraction of sp³-hybridized carbons (Fsp3) is 0.467. The monoisotopic (exact) mass is 296 g/mol. The Kier molecular flexibility index (Phi) is 5.36. The van der Waals surface area contributed by atoms with Gasteiger partial charge in [0.05, 0.1) is 4.90 Å². The zero-order valence-corrected chi connectivity index (χ0v) is 13.5. The van der Waals surface area contributed by atoms with Crippen molar-refractivity contribution < 1.29 is 8.42 Å². The van der Waals surface area contributed by atoms with Crippen LogP contribution in [0.1, 0.15) is 30.0 Å². The molecule has 0 saturated heterocycles. The summed E-state index contributed by atoms with van der Waals surface area (Å²) < 4.78 is 27.1. The van der Waals surface area contributed by atoms with Gasteiger partial charge in [-0.15, -0.1) is 6.58 Å². The van der Waals surface area contributed by atoms with Gasteiger partial charge in [-0.3, -0.25) is 0 Å². The minimum absolute atomic E-state index is 0.308. The van der Waals surface area contributed by atoms with Crippen molar-refractivity contribution in [1.82, 2.24) is 4.31 Å². The smallest absolute Gasteiger partial charge is 0.243 e. The van der Waals surface area contributed by atoms with E-state index < -0.39 is 10.0 Å². The van der Waals surface area contributed by atoms with E-state index in [-0.39, 0.29) is 0 Å². The number of nitrogens with two attached hydrogens (primary N) is 1. The van der Waals surface area contributed by atoms with E-state index in [4.69, 9.17) is 5.73 Å². The Morgan fingerprint density at radius 2 is 1.90 bits per heavy atom. The second-order valence-electron chi connectivity index (χ2n) is 5.03. The maximum atomic E-state index is 12.8. The van der Waals surface area contributed by atoms with Crippen LogP contribution >= 0.6 is 0 Å². The molecule has 0 spiro atoms. The zero-order valence-electron chi connectivity index (χ0n) is 12.7. The molecular weight excluding hydrogens is 272 g/mol. The zero-order chi connectivity index (χ0) is 15.5. The first-order valence-electron chi connectivity index (χ1n) is 6.74. The summed E-state index contributed by atoms with van der Waals surface area (Å²) >= 11 is 0. The lowest BCUT2D eigenvalue weighted by atomic mass is 10.1. The van der Waals surface area contributed by atoms with E-state index in [1.54, 1.807) is 13.0 Å². The molecule has 0 aromatic heterocycles. The number of aryl methyl sites for hydroxylation is 2. The summed E-state index contributed by atoms with van der Waals surface area (Å²) in [4.78, 5) is 0.330. The largest absolute Gasteiger partial charge is 0.398 e. The van der Waals surface area contributed by atoms with Crippen molar-refractivity contribution in [3.63, 3.8) is 0 Å². The highest BCUT2D eigenvalue weighted by Gasteiger charge is 2.27. The average Bonchev–Trinajstić information content (AvgIpc) is 2.35. The molecule has 20 heavy (non-hydrogen) atoms. The Morgan fingerprint density at radius 3 is 2.40 bits per heavy atom. The molecule has 0 amide bonds. The second kappa shape index (κ2) is 6.41. The molecule has 0 unspecified atom stereocenters. The number of hydrogen-bond acceptors (Lipinski definition) is 3. The minimum atomic E-state index is -3.54. The third-order valence-electron chi connectivity index (χ3n) is 3.36. The number of anilines is 1. The predicted octanol–water partition coefficient (Wildman–Crippen LogP) is 2.78. The van der Waals surface area contributed by atoms with Gasteiger partial charge in [0.25, 0.3) is 0 Å². The molecule has 1 rings (SSSR count). The number of benzene rings is 1. The second-order valence-corrected chi connectivity index (χ2v) is 6.90. The molecule has 0 atom stereocenters. The molecule has 1 aromatic carbocycles. The van der Waals surface area contributed by atoms with Gasteiger partial charge in [0, 0.05) is 18.8 Å². The van der Waals surface area contributed by atoms with Crippen molar-refractivity contribution in [2.75, 3.05) is 18.8 Å². The summed E-state index contributed by atoms with van der Waals surface area (Å²) in [5.41, 5.74) is 8.81. The van der Waals surface area contributed by atoms with Gasteiger partial charge in [0.1, 0.15) is 0 Å². The molecule has 2 N–H and O–H groups in total. The van der Waals surface area contributed by atoms with E-state index >= 15 is 0 Å². The topological polar surface area (TPSA) is 63.4 Å². The molecule has 0 aliphatic carbocycles. The number of rotatable bonds is 6. The number of nitrogens with zero attached hydrogens (tertiary/aromatic N) is 1. The Morgan fingerprint density at radius 1 is 1.30 bits per heavy atom. The van der Waals surface area contributed by atoms with E-state index in [9.17, 15) is 8.42 Å². The molecule has 0 aliphatic heterocycles. The molecule has 0 radical (unpaired) electrons. The van der Waals surface area contributed by atoms with E-state index in [0.717, 1.165) is 17.5 Å². The molecule has 0 saturated carbocycles. The van der Waals surface area contributed by atoms with Crippen molar-refractivity contribution >= 4 is 15.7 Å². The summed E-state index contributed by atoms with van der Waals surface area (Å²) in [5.74, 6) is 0. The lowest BCUT2D eigenvalue weighted by molar-refractivity contribution is 0.441. The number of nitrogen functional groups attached to an aromatic ring is 1. The molecule has 0 fully saturated rings. The summed E-state index contributed by atoms with van der Waals surface area (Å²) in [6, 6.07) is 1.83. The molecule has 112 valence electrons. The third-order valence-corrected chi connectivity index (χ3v) is 5.52. The Balaban J connectivity index is 3.49. The van der Waals surface area contributed by atoms with Gasteiger partial charge in [-0.25, -0.2) is 8.42 Å². The SMILES string of the molecule is C=CCN(CCC)S(=O)(=O)c1c(C)cc(C)c(N)c1C. The highest BCUT2D eigenvalue weighted by molar-refractivity contribution is 7.89. The van der Waals surface area contributed by atoms with Crippen LogP contribution in [0, 0.1) is 20.8 Å². The number of sulfonamides is 1. The Hall–Kier alpha value is -1.33. The van der Waals surface area contributed by atoms with Gasteiger partial charge >= 0.3 is 0 Å². The molecule has 0 bridgehead atoms. The average molecular weight is 296 g/mol. The maximum Gasteiger partial charge on any atom is 0.243 e. The minimum Gasteiger partial charge on any atom is -0.398 e. The normalized spacial score (nSPS) is 11.8. The fourth-order valence-corrected chi connectivity index (χ4v) is 4.36. The van der Waals surface area contributed by atoms with Crippen LogP contribution in [0.3, 0.4) is 0 Å². The molecule has 0 aliphatic rings. The van der Waals surface area contributed by atoms with Gasteiger partial charge in [0.2, 0.25) is 10.0 Å². The lowest BCUT2D eigenvalue weighted by Gasteiger charge is -2.23. The summed E-state index contributed by atoms with van der Waals surface area (Å²) in [7, 11) is -3.54. The van der Waals surface area contributed by atoms with Gasteiger partial charge in [-0.1, -0.05) is 19.1 Å². The molecular formula is C15H24N2O2S. The van der Waals surface area contributed by atoms with E-state index in [0.29, 0.717) is 29.2 Å². The van der Waals surface area contributed by atoms with Crippen molar-refractivity contribution in [1.29, 1.82) is 0 Å². The van der Waals surface area contributed by atoms with Crippen molar-refractivity contribution in [3.8, 4) is 0 Å². The maximum absolute atomic E-state index is 12.8. The third kappa shape index (κ3) is 3.04. The van der Waals surface area contributed by atoms with Gasteiger partial charge in [0.15, 0.2) is 0 Å². The van der Waals surface area contributed by atoms with Crippen LogP contribution in [0.25, 0.3) is 0 Å². The van der Waals surface area contributed by atoms with Gasteiger partial charge in [-0.2, -0.15) is 4.31 Å². The summed E-state index contributed by atoms with van der Waals surface area (Å²) in [5, 5.41) is 0. The van der Waals surface area contributed by atoms with Crippen LogP contribution < -0.4 is 5.73 Å². The van der Waals surface area contributed by atoms with Crippen LogP contribution in [0.15, 0.2) is 23.6 Å². The highest BCUT2D eigenvalue weighted by Crippen LogP contribution is 2.30. The lowest BCUT2D eigenvalue weighted by Crippen LogP contribution is -2.33. The van der Waals surface area contributed by atoms with E-state index in [2.05, 4.69) is 6.58 Å². The first-order valence-corrected chi connectivity index (χ1v) is 8.18. The van der Waals surface area contributed by atoms with Gasteiger partial charge in [-0.05, 0) is 43.9 Å². The quantitative estimate of drug-likeness (QED) is 0.648. The molecule has 1 aromatic rings. The van der Waals surface area contributed by atoms with E-state index in [1.807, 2.05) is 26.8 Å². The standard InChI is InChI=1S/C15H24N2O2S/c1-6-8-17(9-7-2)20(18,19)15-12(4)10-11(3)14(16)13(15)5/h6,10H,1,7-9,16H2,2-5H3. The van der Waals surface area contributed by atoms with Crippen LogP contribution in [0.4, 0.5) is 5.69 Å². The van der Waals surface area contributed by atoms with Crippen LogP contribution in [0.2, 0.25) is 0 Å². The first-order chi connectivity index (χ1) is 9.27. The molecule has 4 nitrogen and oxygen atoms in total. The van der Waals surface area contributed by atoms with Crippen molar-refractivity contribution in [2.45, 2.75) is 39.0 Å². The van der Waals surface area contributed by atoms with Crippen LogP contribution in [-0.2, 0) is 10.0 Å². The first kappa shape index (κ1) is 16.7. The van der Waals surface area contributed by atoms with Gasteiger partial charge < -0.3 is 5.73 Å². The summed E-state index contributed by atoms with van der Waals surface area (Å²) in [6.07, 6.45) is 2.36. The fourth-order valence-electron chi connectivity index (χ4n) is 2.41. The van der Waals surface area contributed by atoms with Crippen molar-refractivity contribution in [3.05, 3.63) is 35.4 Å². The Labute approximate surface area is 122 Å². The highest BCUT2D eigenvalue weighted by atomic mass is 32.2. The Bertz CT molecular complexity index is 607. The molecule has 0 heterocycles. The van der Waals surface area contributed by atoms with Crippen molar-refractivity contribution in [2.24, 2.45) is 0 Å². The van der Waals surface area contributed by atoms with Crippen LogP contribution in [-0.4, -0.2) is 25.8 Å². The van der Waals surface area contributed by atoms with E-state index in [1.165, 1.54) is 4.31 Å². The van der Waals surface area contributed by atoms with Crippen LogP contribution in [0.5, 0.6) is 0 Å².